The number of hydrogen-bond acceptors (Lipinski definition) is 3. The lowest BCUT2D eigenvalue weighted by atomic mass is 10.1. The maximum atomic E-state index is 11.4. The van der Waals surface area contributed by atoms with E-state index >= 15 is 0 Å². The average Bonchev–Trinajstić information content (AvgIpc) is 2.60. The van der Waals surface area contributed by atoms with Crippen LogP contribution in [0.15, 0.2) is 12.1 Å². The second kappa shape index (κ2) is 5.15. The van der Waals surface area contributed by atoms with Crippen molar-refractivity contribution in [2.75, 3.05) is 11.9 Å². The molecule has 3 nitrogen and oxygen atoms in total. The monoisotopic (exact) mass is 273 g/mol. The topological polar surface area (TPSA) is 38.3 Å². The Balaban J connectivity index is 2.06. The minimum Gasteiger partial charge on any atom is -0.466 e. The van der Waals surface area contributed by atoms with Gasteiger partial charge in [-0.2, -0.15) is 0 Å². The van der Waals surface area contributed by atoms with Gasteiger partial charge >= 0.3 is 5.97 Å². The van der Waals surface area contributed by atoms with Crippen LogP contribution in [0, 0.1) is 0 Å². The molecule has 0 aliphatic carbocycles. The highest BCUT2D eigenvalue weighted by molar-refractivity contribution is 6.35. The molecule has 2 rings (SSSR count). The molecule has 1 heterocycles. The summed E-state index contributed by atoms with van der Waals surface area (Å²) in [6.07, 6.45) is 1.07. The van der Waals surface area contributed by atoms with E-state index in [1.54, 1.807) is 13.0 Å². The Bertz CT molecular complexity index is 448. The summed E-state index contributed by atoms with van der Waals surface area (Å²) in [5.74, 6) is -0.194. The molecule has 1 unspecified atom stereocenters. The van der Waals surface area contributed by atoms with E-state index in [1.165, 1.54) is 0 Å². The maximum Gasteiger partial charge on any atom is 0.307 e. The Kier molecular flexibility index (Phi) is 3.79. The molecule has 1 aromatic carbocycles. The molecule has 0 saturated heterocycles. The van der Waals surface area contributed by atoms with Crippen LogP contribution in [0.2, 0.25) is 10.0 Å². The maximum absolute atomic E-state index is 11.4. The third-order valence-corrected chi connectivity index (χ3v) is 3.24. The summed E-state index contributed by atoms with van der Waals surface area (Å²) in [7, 11) is 0. The third kappa shape index (κ3) is 2.85. The number of hydrogen-bond donors (Lipinski definition) is 1. The minimum absolute atomic E-state index is 0.0417. The fourth-order valence-corrected chi connectivity index (χ4v) is 2.57. The van der Waals surface area contributed by atoms with E-state index in [2.05, 4.69) is 5.32 Å². The van der Waals surface area contributed by atoms with Crippen molar-refractivity contribution in [1.29, 1.82) is 0 Å². The first-order valence-electron chi connectivity index (χ1n) is 5.50. The second-order valence-electron chi connectivity index (χ2n) is 3.97. The van der Waals surface area contributed by atoms with Crippen LogP contribution >= 0.6 is 23.2 Å². The normalized spacial score (nSPS) is 17.5. The standard InChI is InChI=1S/C12H13Cl2NO2/c1-2-17-12(16)6-8-5-9-10(14)3-7(13)4-11(9)15-8/h3-4,8,15H,2,5-6H2,1H3. The summed E-state index contributed by atoms with van der Waals surface area (Å²) in [6, 6.07) is 3.59. The van der Waals surface area contributed by atoms with Crippen molar-refractivity contribution in [3.8, 4) is 0 Å². The number of halogens is 2. The number of anilines is 1. The molecular formula is C12H13Cl2NO2. The first-order valence-corrected chi connectivity index (χ1v) is 6.25. The average molecular weight is 274 g/mol. The molecule has 1 aliphatic rings. The Morgan fingerprint density at radius 3 is 3.00 bits per heavy atom. The van der Waals surface area contributed by atoms with Crippen LogP contribution in [0.25, 0.3) is 0 Å². The number of esters is 1. The zero-order valence-corrected chi connectivity index (χ0v) is 10.9. The van der Waals surface area contributed by atoms with Crippen molar-refractivity contribution in [3.05, 3.63) is 27.7 Å². The van der Waals surface area contributed by atoms with Gasteiger partial charge in [0.25, 0.3) is 0 Å². The van der Waals surface area contributed by atoms with Crippen LogP contribution in [-0.2, 0) is 16.0 Å². The van der Waals surface area contributed by atoms with Gasteiger partial charge in [-0.3, -0.25) is 4.79 Å². The number of benzene rings is 1. The highest BCUT2D eigenvalue weighted by Crippen LogP contribution is 2.35. The van der Waals surface area contributed by atoms with Crippen molar-refractivity contribution < 1.29 is 9.53 Å². The Labute approximate surface area is 110 Å². The van der Waals surface area contributed by atoms with E-state index in [0.717, 1.165) is 17.7 Å². The lowest BCUT2D eigenvalue weighted by Gasteiger charge is -2.09. The molecule has 1 aliphatic heterocycles. The number of carbonyl (C=O) groups excluding carboxylic acids is 1. The van der Waals surface area contributed by atoms with E-state index in [9.17, 15) is 4.79 Å². The number of ether oxygens (including phenoxy) is 1. The third-order valence-electron chi connectivity index (χ3n) is 2.69. The second-order valence-corrected chi connectivity index (χ2v) is 4.81. The fourth-order valence-electron chi connectivity index (χ4n) is 2.00. The zero-order chi connectivity index (χ0) is 12.4. The van der Waals surface area contributed by atoms with Gasteiger partial charge in [-0.05, 0) is 31.0 Å². The van der Waals surface area contributed by atoms with Crippen LogP contribution in [0.1, 0.15) is 18.9 Å². The molecule has 0 radical (unpaired) electrons. The Morgan fingerprint density at radius 1 is 1.53 bits per heavy atom. The predicted octanol–water partition coefficient (Wildman–Crippen LogP) is 3.28. The van der Waals surface area contributed by atoms with Gasteiger partial charge < -0.3 is 10.1 Å². The Morgan fingerprint density at radius 2 is 2.29 bits per heavy atom. The van der Waals surface area contributed by atoms with Crippen molar-refractivity contribution in [3.63, 3.8) is 0 Å². The molecule has 5 heteroatoms. The molecule has 1 aromatic rings. The lowest BCUT2D eigenvalue weighted by Crippen LogP contribution is -2.21. The molecule has 1 atom stereocenters. The van der Waals surface area contributed by atoms with E-state index in [-0.39, 0.29) is 12.0 Å². The molecular weight excluding hydrogens is 261 g/mol. The quantitative estimate of drug-likeness (QED) is 0.859. The number of fused-ring (bicyclic) bond motifs is 1. The molecule has 0 bridgehead atoms. The summed E-state index contributed by atoms with van der Waals surface area (Å²) < 4.78 is 4.92. The number of rotatable bonds is 3. The molecule has 0 aromatic heterocycles. The van der Waals surface area contributed by atoms with Gasteiger partial charge in [0.15, 0.2) is 0 Å². The largest absolute Gasteiger partial charge is 0.466 e. The van der Waals surface area contributed by atoms with Gasteiger partial charge in [-0.25, -0.2) is 0 Å². The molecule has 1 N–H and O–H groups in total. The van der Waals surface area contributed by atoms with Crippen molar-refractivity contribution in [1.82, 2.24) is 0 Å². The van der Waals surface area contributed by atoms with Crippen molar-refractivity contribution in [2.45, 2.75) is 25.8 Å². The molecule has 0 amide bonds. The molecule has 0 fully saturated rings. The zero-order valence-electron chi connectivity index (χ0n) is 9.43. The van der Waals surface area contributed by atoms with E-state index in [4.69, 9.17) is 27.9 Å². The summed E-state index contributed by atoms with van der Waals surface area (Å²) in [5.41, 5.74) is 1.93. The van der Waals surface area contributed by atoms with Gasteiger partial charge in [0.1, 0.15) is 0 Å². The van der Waals surface area contributed by atoms with Gasteiger partial charge in [0.2, 0.25) is 0 Å². The van der Waals surface area contributed by atoms with Gasteiger partial charge in [-0.15, -0.1) is 0 Å². The smallest absolute Gasteiger partial charge is 0.307 e. The van der Waals surface area contributed by atoms with Gasteiger partial charge in [-0.1, -0.05) is 23.2 Å². The summed E-state index contributed by atoms with van der Waals surface area (Å²) in [6.45, 7) is 2.20. The van der Waals surface area contributed by atoms with Crippen LogP contribution < -0.4 is 5.32 Å². The lowest BCUT2D eigenvalue weighted by molar-refractivity contribution is -0.143. The molecule has 17 heavy (non-hydrogen) atoms. The highest BCUT2D eigenvalue weighted by Gasteiger charge is 2.25. The first kappa shape index (κ1) is 12.5. The van der Waals surface area contributed by atoms with E-state index in [1.807, 2.05) is 6.07 Å². The van der Waals surface area contributed by atoms with E-state index in [0.29, 0.717) is 23.1 Å². The summed E-state index contributed by atoms with van der Waals surface area (Å²) in [4.78, 5) is 11.4. The predicted molar refractivity (Wildman–Crippen MR) is 68.8 cm³/mol. The Hall–Kier alpha value is -0.930. The SMILES string of the molecule is CCOC(=O)CC1Cc2c(Cl)cc(Cl)cc2N1. The fraction of sp³-hybridized carbons (Fsp3) is 0.417. The van der Waals surface area contributed by atoms with Crippen LogP contribution in [0.4, 0.5) is 5.69 Å². The van der Waals surface area contributed by atoms with Crippen LogP contribution in [0.3, 0.4) is 0 Å². The molecule has 92 valence electrons. The van der Waals surface area contributed by atoms with Crippen LogP contribution in [-0.4, -0.2) is 18.6 Å². The van der Waals surface area contributed by atoms with Crippen LogP contribution in [0.5, 0.6) is 0 Å². The minimum atomic E-state index is -0.194. The summed E-state index contributed by atoms with van der Waals surface area (Å²) >= 11 is 12.0. The van der Waals surface area contributed by atoms with Crippen molar-refractivity contribution in [2.24, 2.45) is 0 Å². The molecule has 0 saturated carbocycles. The highest BCUT2D eigenvalue weighted by atomic mass is 35.5. The molecule has 0 spiro atoms. The summed E-state index contributed by atoms with van der Waals surface area (Å²) in [5, 5.41) is 4.48. The van der Waals surface area contributed by atoms with Gasteiger partial charge in [0, 0.05) is 21.8 Å². The van der Waals surface area contributed by atoms with Gasteiger partial charge in [0.05, 0.1) is 13.0 Å². The first-order chi connectivity index (χ1) is 8.10. The van der Waals surface area contributed by atoms with Crippen molar-refractivity contribution >= 4 is 34.9 Å². The number of carbonyl (C=O) groups is 1. The number of nitrogens with one attached hydrogen (secondary N) is 1. The van der Waals surface area contributed by atoms with E-state index < -0.39 is 0 Å².